The van der Waals surface area contributed by atoms with Crippen LogP contribution in [0.3, 0.4) is 0 Å². The number of rotatable bonds is 6. The van der Waals surface area contributed by atoms with Gasteiger partial charge in [-0.25, -0.2) is 0 Å². The van der Waals surface area contributed by atoms with Gasteiger partial charge in [-0.2, -0.15) is 0 Å². The number of imide groups is 1. The number of ether oxygens (including phenoxy) is 3. The van der Waals surface area contributed by atoms with Crippen LogP contribution < -0.4 is 15.0 Å². The normalized spacial score (nSPS) is 25.9. The van der Waals surface area contributed by atoms with E-state index in [1.165, 1.54) is 33.5 Å². The fourth-order valence-corrected chi connectivity index (χ4v) is 11.7. The van der Waals surface area contributed by atoms with Crippen molar-refractivity contribution < 1.29 is 33.7 Å². The number of aryl methyl sites for hydroxylation is 1. The maximum atomic E-state index is 13.4. The average molecular weight is 823 g/mol. The number of aromatic hydroxyl groups is 1. The Labute approximate surface area is 356 Å². The Kier molecular flexibility index (Phi) is 9.69. The summed E-state index contributed by atoms with van der Waals surface area (Å²) in [6.07, 6.45) is 6.23. The van der Waals surface area contributed by atoms with E-state index in [4.69, 9.17) is 14.2 Å². The Balaban J connectivity index is 0.678. The number of benzene rings is 4. The van der Waals surface area contributed by atoms with Crippen LogP contribution in [-0.4, -0.2) is 97.0 Å². The van der Waals surface area contributed by atoms with Crippen molar-refractivity contribution in [3.8, 4) is 11.5 Å². The summed E-state index contributed by atoms with van der Waals surface area (Å²) in [5.74, 6) is 0.740. The van der Waals surface area contributed by atoms with Crippen molar-refractivity contribution in [3.63, 3.8) is 0 Å². The van der Waals surface area contributed by atoms with Crippen LogP contribution in [-0.2, 0) is 37.4 Å². The van der Waals surface area contributed by atoms with Crippen LogP contribution in [0.2, 0.25) is 0 Å². The van der Waals surface area contributed by atoms with Gasteiger partial charge in [0, 0.05) is 78.5 Å². The van der Waals surface area contributed by atoms with Gasteiger partial charge in [-0.1, -0.05) is 54.6 Å². The quantitative estimate of drug-likeness (QED) is 0.213. The Hall–Kier alpha value is -5.23. The van der Waals surface area contributed by atoms with Gasteiger partial charge in [0.25, 0.3) is 5.91 Å². The smallest absolute Gasteiger partial charge is 0.255 e. The number of likely N-dealkylation sites (tertiary alicyclic amines) is 1. The summed E-state index contributed by atoms with van der Waals surface area (Å²) in [7, 11) is 0. The van der Waals surface area contributed by atoms with Crippen molar-refractivity contribution in [1.82, 2.24) is 15.1 Å². The summed E-state index contributed by atoms with van der Waals surface area (Å²) in [5, 5.41) is 12.7. The highest BCUT2D eigenvalue weighted by atomic mass is 16.7. The molecule has 3 atom stereocenters. The van der Waals surface area contributed by atoms with Crippen LogP contribution in [0.15, 0.2) is 84.9 Å². The van der Waals surface area contributed by atoms with E-state index in [0.29, 0.717) is 55.9 Å². The zero-order valence-corrected chi connectivity index (χ0v) is 34.7. The number of fused-ring (bicyclic) bond motifs is 5. The van der Waals surface area contributed by atoms with Gasteiger partial charge < -0.3 is 34.0 Å². The summed E-state index contributed by atoms with van der Waals surface area (Å²) in [4.78, 5) is 44.4. The first-order valence-corrected chi connectivity index (χ1v) is 22.4. The molecule has 4 aromatic carbocycles. The van der Waals surface area contributed by atoms with E-state index in [0.717, 1.165) is 82.6 Å². The number of hydrogen-bond donors (Lipinski definition) is 2. The molecule has 11 heteroatoms. The Morgan fingerprint density at radius 1 is 0.787 bits per heavy atom. The summed E-state index contributed by atoms with van der Waals surface area (Å²) < 4.78 is 19.6. The molecule has 0 bridgehead atoms. The van der Waals surface area contributed by atoms with E-state index in [1.54, 1.807) is 4.90 Å². The molecule has 2 spiro atoms. The van der Waals surface area contributed by atoms with Crippen LogP contribution in [0, 0.1) is 5.92 Å². The predicted molar refractivity (Wildman–Crippen MR) is 229 cm³/mol. The number of carbonyl (C=O) groups excluding carboxylic acids is 3. The molecule has 61 heavy (non-hydrogen) atoms. The monoisotopic (exact) mass is 822 g/mol. The SMILES string of the molecule is O=C1CCC(N2Cc3c(ccc4c3OCC43CCN(CC4COC5(CCN(c6ccc([C@@H]7c8ccc(O)cc8CC[C@@H]7c7ccccc7)cc6)CC5)OC4)CC3)C2=O)C(=O)N1. The Morgan fingerprint density at radius 2 is 1.56 bits per heavy atom. The van der Waals surface area contributed by atoms with Crippen LogP contribution >= 0.6 is 0 Å². The molecule has 2 N–H and O–H groups in total. The third kappa shape index (κ3) is 6.89. The first-order valence-electron chi connectivity index (χ1n) is 22.4. The van der Waals surface area contributed by atoms with E-state index in [1.807, 2.05) is 18.2 Å². The standard InChI is InChI=1S/C50H54N4O7/c55-37-11-13-39-35(26-37)8-12-38(33-4-2-1-3-5-33)45(39)34-6-9-36(10-7-34)53-24-20-50(21-25-53)60-29-32(30-61-50)27-52-22-18-49(19-23-52)31-59-46-41-28-54(43-16-17-44(56)51-47(43)57)48(58)40(41)14-15-42(46)49/h1-7,9-11,13-15,26,32,38,43,45,55H,8,12,16-25,27-31H2,(H,51,56,57)/t38-,43?,45+/m1/s1. The second kappa shape index (κ2) is 15.3. The van der Waals surface area contributed by atoms with Gasteiger partial charge in [0.1, 0.15) is 17.5 Å². The van der Waals surface area contributed by atoms with E-state index in [2.05, 4.69) is 81.8 Å². The highest BCUT2D eigenvalue weighted by Crippen LogP contribution is 2.50. The minimum atomic E-state index is -0.634. The molecule has 0 radical (unpaired) electrons. The van der Waals surface area contributed by atoms with Gasteiger partial charge in [0.05, 0.1) is 26.4 Å². The molecule has 4 saturated heterocycles. The lowest BCUT2D eigenvalue weighted by Gasteiger charge is -2.47. The Morgan fingerprint density at radius 3 is 2.31 bits per heavy atom. The molecule has 11 rings (SSSR count). The van der Waals surface area contributed by atoms with Gasteiger partial charge in [0.2, 0.25) is 11.8 Å². The minimum Gasteiger partial charge on any atom is -0.508 e. The molecule has 1 unspecified atom stereocenters. The molecule has 3 amide bonds. The molecule has 4 aromatic rings. The van der Waals surface area contributed by atoms with Crippen LogP contribution in [0.1, 0.15) is 101 Å². The number of phenols is 1. The van der Waals surface area contributed by atoms with E-state index >= 15 is 0 Å². The molecule has 11 nitrogen and oxygen atoms in total. The third-order valence-electron chi connectivity index (χ3n) is 15.2. The maximum absolute atomic E-state index is 13.4. The average Bonchev–Trinajstić information content (AvgIpc) is 3.82. The molecule has 6 heterocycles. The summed E-state index contributed by atoms with van der Waals surface area (Å²) >= 11 is 0. The first-order chi connectivity index (χ1) is 29.7. The minimum absolute atomic E-state index is 0.0827. The van der Waals surface area contributed by atoms with Crippen molar-refractivity contribution in [2.45, 2.75) is 87.0 Å². The topological polar surface area (TPSA) is 121 Å². The van der Waals surface area contributed by atoms with Gasteiger partial charge >= 0.3 is 0 Å². The summed E-state index contributed by atoms with van der Waals surface area (Å²) in [5.41, 5.74) is 9.07. The zero-order chi connectivity index (χ0) is 41.3. The molecule has 1 aliphatic carbocycles. The number of nitrogens with zero attached hydrogens (tertiary/aromatic N) is 3. The van der Waals surface area contributed by atoms with Gasteiger partial charge in [-0.3, -0.25) is 19.7 Å². The van der Waals surface area contributed by atoms with Gasteiger partial charge in [-0.05, 0) is 104 Å². The van der Waals surface area contributed by atoms with Crippen molar-refractivity contribution in [3.05, 3.63) is 124 Å². The zero-order valence-electron chi connectivity index (χ0n) is 34.7. The van der Waals surface area contributed by atoms with Crippen LogP contribution in [0.4, 0.5) is 5.69 Å². The van der Waals surface area contributed by atoms with Crippen molar-refractivity contribution in [2.24, 2.45) is 5.92 Å². The number of nitrogens with one attached hydrogen (secondary N) is 1. The summed E-state index contributed by atoms with van der Waals surface area (Å²) in [6.45, 7) is 6.97. The second-order valence-corrected chi connectivity index (χ2v) is 18.6. The van der Waals surface area contributed by atoms with Crippen molar-refractivity contribution in [1.29, 1.82) is 0 Å². The Bertz CT molecular complexity index is 2340. The lowest BCUT2D eigenvalue weighted by atomic mass is 9.69. The molecule has 0 saturated carbocycles. The second-order valence-electron chi connectivity index (χ2n) is 18.6. The predicted octanol–water partition coefficient (Wildman–Crippen LogP) is 6.40. The lowest BCUT2D eigenvalue weighted by Crippen LogP contribution is -2.54. The van der Waals surface area contributed by atoms with E-state index in [9.17, 15) is 19.5 Å². The van der Waals surface area contributed by atoms with Crippen molar-refractivity contribution in [2.75, 3.05) is 57.4 Å². The third-order valence-corrected chi connectivity index (χ3v) is 15.2. The molecular formula is C50H54N4O7. The van der Waals surface area contributed by atoms with Crippen molar-refractivity contribution >= 4 is 23.4 Å². The van der Waals surface area contributed by atoms with Crippen LogP contribution in [0.5, 0.6) is 11.5 Å². The number of phenolic OH excluding ortho intramolecular Hbond substituents is 1. The molecule has 4 fully saturated rings. The molecule has 316 valence electrons. The first kappa shape index (κ1) is 38.7. The van der Waals surface area contributed by atoms with Gasteiger partial charge in [-0.15, -0.1) is 0 Å². The number of carbonyl (C=O) groups is 3. The van der Waals surface area contributed by atoms with Gasteiger partial charge in [0.15, 0.2) is 5.79 Å². The number of amides is 3. The highest BCUT2D eigenvalue weighted by molar-refractivity contribution is 6.05. The number of anilines is 1. The highest BCUT2D eigenvalue weighted by Gasteiger charge is 2.48. The largest absolute Gasteiger partial charge is 0.508 e. The molecule has 6 aliphatic heterocycles. The fourth-order valence-electron chi connectivity index (χ4n) is 11.7. The number of hydrogen-bond acceptors (Lipinski definition) is 9. The maximum Gasteiger partial charge on any atom is 0.255 e. The van der Waals surface area contributed by atoms with E-state index < -0.39 is 17.7 Å². The molecule has 7 aliphatic rings. The number of piperidine rings is 3. The van der Waals surface area contributed by atoms with E-state index in [-0.39, 0.29) is 29.6 Å². The molecular weight excluding hydrogens is 769 g/mol. The lowest BCUT2D eigenvalue weighted by molar-refractivity contribution is -0.291. The molecule has 0 aromatic heterocycles. The van der Waals surface area contributed by atoms with Crippen LogP contribution in [0.25, 0.3) is 0 Å². The fraction of sp³-hybridized carbons (Fsp3) is 0.460. The summed E-state index contributed by atoms with van der Waals surface area (Å²) in [6, 6.07) is 29.4.